The van der Waals surface area contributed by atoms with Crippen LogP contribution in [0.2, 0.25) is 0 Å². The molecular weight excluding hydrogens is 270 g/mol. The van der Waals surface area contributed by atoms with Crippen molar-refractivity contribution in [2.24, 2.45) is 5.92 Å². The number of hydrogen-bond donors (Lipinski definition) is 1. The van der Waals surface area contributed by atoms with E-state index in [1.54, 1.807) is 6.07 Å². The lowest BCUT2D eigenvalue weighted by molar-refractivity contribution is -0.391. The molecular formula is C14H19N5O2. The highest BCUT2D eigenvalue weighted by Crippen LogP contribution is 2.26. The van der Waals surface area contributed by atoms with Crippen LogP contribution in [0.3, 0.4) is 0 Å². The van der Waals surface area contributed by atoms with Crippen LogP contribution in [0, 0.1) is 16.0 Å². The third-order valence-corrected chi connectivity index (χ3v) is 4.11. The second-order valence-corrected chi connectivity index (χ2v) is 5.58. The Hall–Kier alpha value is -2.18. The van der Waals surface area contributed by atoms with Gasteiger partial charge in [-0.3, -0.25) is 0 Å². The van der Waals surface area contributed by atoms with Crippen molar-refractivity contribution >= 4 is 17.3 Å². The number of nitrogens with zero attached hydrogens (tertiary/aromatic N) is 4. The van der Waals surface area contributed by atoms with Crippen molar-refractivity contribution in [2.45, 2.75) is 38.5 Å². The van der Waals surface area contributed by atoms with Crippen LogP contribution in [0.5, 0.6) is 0 Å². The molecule has 0 aliphatic heterocycles. The van der Waals surface area contributed by atoms with Crippen LogP contribution in [0.25, 0.3) is 5.65 Å². The Kier molecular flexibility index (Phi) is 3.98. The van der Waals surface area contributed by atoms with Crippen molar-refractivity contribution in [1.82, 2.24) is 14.6 Å². The monoisotopic (exact) mass is 289 g/mol. The van der Waals surface area contributed by atoms with Crippen LogP contribution in [0.15, 0.2) is 18.3 Å². The van der Waals surface area contributed by atoms with Gasteiger partial charge >= 0.3 is 5.82 Å². The Morgan fingerprint density at radius 1 is 1.33 bits per heavy atom. The lowest BCUT2D eigenvalue weighted by atomic mass is 9.87. The number of imidazole rings is 1. The molecule has 0 saturated heterocycles. The molecule has 1 N–H and O–H groups in total. The van der Waals surface area contributed by atoms with Gasteiger partial charge in [-0.05, 0) is 23.3 Å². The van der Waals surface area contributed by atoms with Gasteiger partial charge in [0.25, 0.3) is 0 Å². The van der Waals surface area contributed by atoms with Gasteiger partial charge in [0.05, 0.1) is 0 Å². The fourth-order valence-electron chi connectivity index (χ4n) is 2.96. The smallest absolute Gasteiger partial charge is 0.367 e. The Morgan fingerprint density at radius 2 is 2.14 bits per heavy atom. The average molecular weight is 289 g/mol. The highest BCUT2D eigenvalue weighted by Gasteiger charge is 2.16. The van der Waals surface area contributed by atoms with E-state index in [-0.39, 0.29) is 5.82 Å². The fourth-order valence-corrected chi connectivity index (χ4v) is 2.96. The Bertz CT molecular complexity index is 633. The number of anilines is 1. The quantitative estimate of drug-likeness (QED) is 0.675. The first-order valence-corrected chi connectivity index (χ1v) is 7.47. The molecule has 7 heteroatoms. The Balaban J connectivity index is 1.63. The lowest BCUT2D eigenvalue weighted by Gasteiger charge is -2.21. The maximum atomic E-state index is 10.9. The van der Waals surface area contributed by atoms with Crippen molar-refractivity contribution in [3.05, 3.63) is 28.4 Å². The zero-order valence-corrected chi connectivity index (χ0v) is 11.9. The first-order valence-electron chi connectivity index (χ1n) is 7.47. The number of aromatic nitrogens is 3. The molecule has 3 rings (SSSR count). The van der Waals surface area contributed by atoms with Crippen molar-refractivity contribution in [3.8, 4) is 0 Å². The van der Waals surface area contributed by atoms with Gasteiger partial charge in [-0.15, -0.1) is 0 Å². The zero-order valence-electron chi connectivity index (χ0n) is 11.9. The molecule has 0 spiro atoms. The summed E-state index contributed by atoms with van der Waals surface area (Å²) in [5.41, 5.74) is 0.486. The lowest BCUT2D eigenvalue weighted by Crippen LogP contribution is -2.13. The van der Waals surface area contributed by atoms with E-state index in [0.29, 0.717) is 11.5 Å². The first kappa shape index (κ1) is 13.8. The van der Waals surface area contributed by atoms with Gasteiger partial charge in [0, 0.05) is 12.6 Å². The highest BCUT2D eigenvalue weighted by molar-refractivity contribution is 5.48. The van der Waals surface area contributed by atoms with Gasteiger partial charge in [-0.1, -0.05) is 41.7 Å². The standard InChI is InChI=1S/C14H19N5O2/c20-19(21)14-10-16-13-7-6-12(17-18(13)14)15-9-8-11-4-2-1-3-5-11/h6-7,10-11H,1-5,8-9H2,(H,15,17). The van der Waals surface area contributed by atoms with Gasteiger partial charge in [0.2, 0.25) is 5.65 Å². The van der Waals surface area contributed by atoms with Crippen LogP contribution in [0.1, 0.15) is 38.5 Å². The molecule has 0 radical (unpaired) electrons. The second kappa shape index (κ2) is 6.07. The zero-order chi connectivity index (χ0) is 14.7. The van der Waals surface area contributed by atoms with E-state index < -0.39 is 4.92 Å². The first-order chi connectivity index (χ1) is 10.2. The Labute approximate surface area is 122 Å². The molecule has 0 unspecified atom stereocenters. The SMILES string of the molecule is O=[N+]([O-])c1cnc2ccc(NCCC3CCCCC3)nn12. The largest absolute Gasteiger partial charge is 0.368 e. The summed E-state index contributed by atoms with van der Waals surface area (Å²) >= 11 is 0. The number of fused-ring (bicyclic) bond motifs is 1. The minimum atomic E-state index is -0.473. The summed E-state index contributed by atoms with van der Waals surface area (Å²) in [6.45, 7) is 0.853. The molecule has 21 heavy (non-hydrogen) atoms. The van der Waals surface area contributed by atoms with Gasteiger partial charge in [0.1, 0.15) is 6.20 Å². The van der Waals surface area contributed by atoms with Crippen LogP contribution < -0.4 is 5.32 Å². The summed E-state index contributed by atoms with van der Waals surface area (Å²) in [5.74, 6) is 1.35. The molecule has 0 amide bonds. The van der Waals surface area contributed by atoms with E-state index in [2.05, 4.69) is 15.4 Å². The summed E-state index contributed by atoms with van der Waals surface area (Å²) < 4.78 is 1.27. The maximum absolute atomic E-state index is 10.9. The number of hydrogen-bond acceptors (Lipinski definition) is 5. The summed E-state index contributed by atoms with van der Waals surface area (Å²) in [5, 5.41) is 18.4. The van der Waals surface area contributed by atoms with Crippen molar-refractivity contribution in [2.75, 3.05) is 11.9 Å². The molecule has 0 bridgehead atoms. The van der Waals surface area contributed by atoms with E-state index in [4.69, 9.17) is 0 Å². The van der Waals surface area contributed by atoms with E-state index >= 15 is 0 Å². The predicted octanol–water partition coefficient (Wildman–Crippen LogP) is 3.02. The van der Waals surface area contributed by atoms with Gasteiger partial charge < -0.3 is 15.4 Å². The molecule has 1 aliphatic rings. The fraction of sp³-hybridized carbons (Fsp3) is 0.571. The van der Waals surface area contributed by atoms with E-state index in [1.165, 1.54) is 42.8 Å². The normalized spacial score (nSPS) is 16.2. The molecule has 7 nitrogen and oxygen atoms in total. The summed E-state index contributed by atoms with van der Waals surface area (Å²) in [7, 11) is 0. The maximum Gasteiger partial charge on any atom is 0.368 e. The number of nitrogens with one attached hydrogen (secondary N) is 1. The van der Waals surface area contributed by atoms with Crippen LogP contribution in [-0.2, 0) is 0 Å². The summed E-state index contributed by atoms with van der Waals surface area (Å²) in [6.07, 6.45) is 9.06. The molecule has 1 fully saturated rings. The predicted molar refractivity (Wildman–Crippen MR) is 79.3 cm³/mol. The average Bonchev–Trinajstić information content (AvgIpc) is 2.92. The summed E-state index contributed by atoms with van der Waals surface area (Å²) in [4.78, 5) is 14.4. The van der Waals surface area contributed by atoms with Crippen molar-refractivity contribution in [1.29, 1.82) is 0 Å². The number of nitro groups is 1. The minimum Gasteiger partial charge on any atom is -0.367 e. The molecule has 1 saturated carbocycles. The molecule has 0 aromatic carbocycles. The minimum absolute atomic E-state index is 0.110. The van der Waals surface area contributed by atoms with Crippen LogP contribution >= 0.6 is 0 Å². The van der Waals surface area contributed by atoms with Crippen molar-refractivity contribution < 1.29 is 4.92 Å². The van der Waals surface area contributed by atoms with E-state index in [0.717, 1.165) is 18.9 Å². The topological polar surface area (TPSA) is 85.4 Å². The summed E-state index contributed by atoms with van der Waals surface area (Å²) in [6, 6.07) is 3.55. The van der Waals surface area contributed by atoms with Gasteiger partial charge in [-0.2, -0.15) is 0 Å². The van der Waals surface area contributed by atoms with Crippen LogP contribution in [0.4, 0.5) is 11.6 Å². The Morgan fingerprint density at radius 3 is 2.90 bits per heavy atom. The van der Waals surface area contributed by atoms with E-state index in [1.807, 2.05) is 6.07 Å². The molecule has 2 aromatic heterocycles. The van der Waals surface area contributed by atoms with Gasteiger partial charge in [-0.25, -0.2) is 4.98 Å². The van der Waals surface area contributed by atoms with Crippen molar-refractivity contribution in [3.63, 3.8) is 0 Å². The van der Waals surface area contributed by atoms with Gasteiger partial charge in [0.15, 0.2) is 5.82 Å². The third-order valence-electron chi connectivity index (χ3n) is 4.11. The molecule has 112 valence electrons. The third kappa shape index (κ3) is 3.12. The second-order valence-electron chi connectivity index (χ2n) is 5.58. The van der Waals surface area contributed by atoms with E-state index in [9.17, 15) is 10.1 Å². The number of rotatable bonds is 5. The molecule has 0 atom stereocenters. The molecule has 1 aliphatic carbocycles. The molecule has 2 heterocycles. The van der Waals surface area contributed by atoms with Crippen LogP contribution in [-0.4, -0.2) is 26.1 Å². The molecule has 2 aromatic rings. The highest BCUT2D eigenvalue weighted by atomic mass is 16.6.